The zero-order valence-electron chi connectivity index (χ0n) is 8.41. The summed E-state index contributed by atoms with van der Waals surface area (Å²) >= 11 is 0. The van der Waals surface area contributed by atoms with Gasteiger partial charge in [-0.1, -0.05) is 0 Å². The van der Waals surface area contributed by atoms with Gasteiger partial charge in [0.25, 0.3) is 0 Å². The average molecular weight is 207 g/mol. The van der Waals surface area contributed by atoms with Crippen LogP contribution in [0.4, 0.5) is 10.1 Å². The molecule has 0 atom stereocenters. The van der Waals surface area contributed by atoms with Crippen molar-refractivity contribution in [1.82, 2.24) is 9.55 Å². The van der Waals surface area contributed by atoms with Crippen molar-refractivity contribution >= 4 is 22.5 Å². The molecule has 0 saturated heterocycles. The first kappa shape index (κ1) is 9.64. The fraction of sp³-hybridized carbons (Fsp3) is 0.200. The highest BCUT2D eigenvalue weighted by molar-refractivity contribution is 6.03. The molecule has 0 spiro atoms. The van der Waals surface area contributed by atoms with Crippen LogP contribution < -0.4 is 5.73 Å². The molecule has 1 aromatic heterocycles. The van der Waals surface area contributed by atoms with E-state index >= 15 is 0 Å². The van der Waals surface area contributed by atoms with Crippen molar-refractivity contribution in [3.05, 3.63) is 23.8 Å². The number of aromatic nitrogens is 2. The molecule has 0 aliphatic heterocycles. The summed E-state index contributed by atoms with van der Waals surface area (Å²) in [5.41, 5.74) is 6.34. The molecule has 0 aliphatic rings. The Morgan fingerprint density at radius 1 is 1.60 bits per heavy atom. The van der Waals surface area contributed by atoms with Gasteiger partial charge < -0.3 is 10.3 Å². The van der Waals surface area contributed by atoms with E-state index in [1.54, 1.807) is 17.7 Å². The van der Waals surface area contributed by atoms with Crippen LogP contribution in [-0.2, 0) is 7.05 Å². The number of fused-ring (bicyclic) bond motifs is 1. The third-order valence-corrected chi connectivity index (χ3v) is 2.38. The lowest BCUT2D eigenvalue weighted by Crippen LogP contribution is -2.03. The van der Waals surface area contributed by atoms with Crippen molar-refractivity contribution in [3.8, 4) is 0 Å². The molecule has 2 aromatic rings. The smallest absolute Gasteiger partial charge is 0.174 e. The molecule has 2 N–H and O–H groups in total. The number of nitrogens with two attached hydrogens (primary N) is 1. The number of carbonyl (C=O) groups excluding carboxylic acids is 1. The lowest BCUT2D eigenvalue weighted by molar-refractivity contribution is 0.101. The van der Waals surface area contributed by atoms with E-state index < -0.39 is 5.82 Å². The van der Waals surface area contributed by atoms with Gasteiger partial charge in [-0.05, 0) is 13.0 Å². The molecule has 2 rings (SSSR count). The Bertz CT molecular complexity index is 559. The first-order valence-electron chi connectivity index (χ1n) is 4.42. The van der Waals surface area contributed by atoms with Crippen LogP contribution in [0.25, 0.3) is 11.0 Å². The van der Waals surface area contributed by atoms with Gasteiger partial charge in [0.05, 0.1) is 17.5 Å². The van der Waals surface area contributed by atoms with Crippen molar-refractivity contribution in [2.45, 2.75) is 6.92 Å². The highest BCUT2D eigenvalue weighted by Gasteiger charge is 2.16. The van der Waals surface area contributed by atoms with Gasteiger partial charge in [0.1, 0.15) is 5.52 Å². The lowest BCUT2D eigenvalue weighted by atomic mass is 10.1. The van der Waals surface area contributed by atoms with E-state index in [9.17, 15) is 9.18 Å². The third-order valence-electron chi connectivity index (χ3n) is 2.38. The van der Waals surface area contributed by atoms with Gasteiger partial charge >= 0.3 is 0 Å². The number of anilines is 1. The predicted molar refractivity (Wildman–Crippen MR) is 55.1 cm³/mol. The number of Topliss-reactive ketones (excluding diaryl/α,β-unsaturated/α-hetero) is 1. The highest BCUT2D eigenvalue weighted by atomic mass is 19.1. The van der Waals surface area contributed by atoms with Crippen molar-refractivity contribution in [1.29, 1.82) is 0 Å². The number of hydrogen-bond donors (Lipinski definition) is 1. The Labute approximate surface area is 85.5 Å². The summed E-state index contributed by atoms with van der Waals surface area (Å²) in [7, 11) is 1.73. The summed E-state index contributed by atoms with van der Waals surface area (Å²) in [6.45, 7) is 1.35. The number of ketones is 1. The predicted octanol–water partition coefficient (Wildman–Crippen LogP) is 1.50. The molecule has 0 unspecified atom stereocenters. The Morgan fingerprint density at radius 3 is 2.87 bits per heavy atom. The largest absolute Gasteiger partial charge is 0.396 e. The zero-order valence-corrected chi connectivity index (χ0v) is 8.41. The second kappa shape index (κ2) is 3.05. The molecule has 78 valence electrons. The molecule has 0 aliphatic carbocycles. The van der Waals surface area contributed by atoms with Gasteiger partial charge in [-0.2, -0.15) is 0 Å². The van der Waals surface area contributed by atoms with E-state index in [1.165, 1.54) is 13.3 Å². The minimum absolute atomic E-state index is 0.131. The number of nitrogens with zero attached hydrogens (tertiary/aromatic N) is 2. The fourth-order valence-corrected chi connectivity index (χ4v) is 1.53. The van der Waals surface area contributed by atoms with Crippen LogP contribution in [0.15, 0.2) is 12.4 Å². The fourth-order valence-electron chi connectivity index (χ4n) is 1.53. The lowest BCUT2D eigenvalue weighted by Gasteiger charge is -2.04. The van der Waals surface area contributed by atoms with E-state index in [0.717, 1.165) is 0 Å². The minimum atomic E-state index is -0.627. The van der Waals surface area contributed by atoms with E-state index in [0.29, 0.717) is 5.52 Å². The molecule has 5 heteroatoms. The van der Waals surface area contributed by atoms with E-state index in [-0.39, 0.29) is 22.6 Å². The highest BCUT2D eigenvalue weighted by Crippen LogP contribution is 2.25. The summed E-state index contributed by atoms with van der Waals surface area (Å²) < 4.78 is 15.3. The van der Waals surface area contributed by atoms with E-state index in [2.05, 4.69) is 4.98 Å². The number of imidazole rings is 1. The maximum atomic E-state index is 13.7. The quantitative estimate of drug-likeness (QED) is 0.569. The minimum Gasteiger partial charge on any atom is -0.396 e. The van der Waals surface area contributed by atoms with E-state index in [1.807, 2.05) is 0 Å². The number of nitrogen functional groups attached to an aromatic ring is 1. The molecule has 15 heavy (non-hydrogen) atoms. The van der Waals surface area contributed by atoms with E-state index in [4.69, 9.17) is 5.73 Å². The maximum absolute atomic E-state index is 13.7. The van der Waals surface area contributed by atoms with Gasteiger partial charge in [-0.3, -0.25) is 4.79 Å². The molecule has 0 radical (unpaired) electrons. The Hall–Kier alpha value is -1.91. The van der Waals surface area contributed by atoms with Crippen LogP contribution in [0.5, 0.6) is 0 Å². The monoisotopic (exact) mass is 207 g/mol. The molecule has 1 aromatic carbocycles. The molecule has 4 nitrogen and oxygen atoms in total. The van der Waals surface area contributed by atoms with Crippen molar-refractivity contribution < 1.29 is 9.18 Å². The topological polar surface area (TPSA) is 60.9 Å². The van der Waals surface area contributed by atoms with Crippen LogP contribution in [0, 0.1) is 5.82 Å². The second-order valence-corrected chi connectivity index (χ2v) is 3.43. The Kier molecular flexibility index (Phi) is 1.96. The van der Waals surface area contributed by atoms with Gasteiger partial charge in [0, 0.05) is 12.6 Å². The summed E-state index contributed by atoms with van der Waals surface area (Å²) in [4.78, 5) is 15.1. The Balaban J connectivity index is 2.91. The van der Waals surface area contributed by atoms with Gasteiger partial charge in [-0.25, -0.2) is 9.37 Å². The zero-order chi connectivity index (χ0) is 11.2. The number of carbonyl (C=O) groups is 1. The molecule has 0 bridgehead atoms. The van der Waals surface area contributed by atoms with Crippen molar-refractivity contribution in [2.75, 3.05) is 5.73 Å². The van der Waals surface area contributed by atoms with Crippen LogP contribution in [0.2, 0.25) is 0 Å². The number of aryl methyl sites for hydroxylation is 1. The SMILES string of the molecule is CC(=O)c1cc2c(ncn2C)c(F)c1N. The molecule has 0 fully saturated rings. The van der Waals surface area contributed by atoms with Crippen LogP contribution >= 0.6 is 0 Å². The normalized spacial score (nSPS) is 10.9. The molecule has 0 amide bonds. The number of benzene rings is 1. The summed E-state index contributed by atoms with van der Waals surface area (Å²) in [6.07, 6.45) is 1.48. The standard InChI is InChI=1S/C10H10FN3O/c1-5(15)6-3-7-10(8(11)9(6)12)13-4-14(7)2/h3-4H,12H2,1-2H3. The van der Waals surface area contributed by atoms with Crippen molar-refractivity contribution in [2.24, 2.45) is 7.05 Å². The second-order valence-electron chi connectivity index (χ2n) is 3.43. The summed E-state index contributed by atoms with van der Waals surface area (Å²) in [5, 5.41) is 0. The van der Waals surface area contributed by atoms with Crippen molar-refractivity contribution in [3.63, 3.8) is 0 Å². The van der Waals surface area contributed by atoms with Crippen LogP contribution in [-0.4, -0.2) is 15.3 Å². The molecule has 1 heterocycles. The molecule has 0 saturated carbocycles. The van der Waals surface area contributed by atoms with Gasteiger partial charge in [-0.15, -0.1) is 0 Å². The summed E-state index contributed by atoms with van der Waals surface area (Å²) in [5.74, 6) is -0.882. The number of rotatable bonds is 1. The summed E-state index contributed by atoms with van der Waals surface area (Å²) in [6, 6.07) is 1.56. The van der Waals surface area contributed by atoms with Gasteiger partial charge in [0.15, 0.2) is 11.6 Å². The van der Waals surface area contributed by atoms with Gasteiger partial charge in [0.2, 0.25) is 0 Å². The van der Waals surface area contributed by atoms with Crippen LogP contribution in [0.3, 0.4) is 0 Å². The maximum Gasteiger partial charge on any atom is 0.174 e. The Morgan fingerprint density at radius 2 is 2.27 bits per heavy atom. The molecular formula is C10H10FN3O. The van der Waals surface area contributed by atoms with Crippen LogP contribution in [0.1, 0.15) is 17.3 Å². The average Bonchev–Trinajstić information content (AvgIpc) is 2.53. The third kappa shape index (κ3) is 1.27. The molecular weight excluding hydrogens is 197 g/mol. The number of halogens is 1. The first-order chi connectivity index (χ1) is 7.02. The number of hydrogen-bond acceptors (Lipinski definition) is 3. The first-order valence-corrected chi connectivity index (χ1v) is 4.42.